The van der Waals surface area contributed by atoms with Gasteiger partial charge in [0.25, 0.3) is 0 Å². The maximum atomic E-state index is 12.5. The molecule has 1 aliphatic carbocycles. The molecule has 1 aromatic carbocycles. The molecule has 2 N–H and O–H groups in total. The molecule has 4 rings (SSSR count). The van der Waals surface area contributed by atoms with Crippen LogP contribution in [0.1, 0.15) is 30.9 Å². The molecule has 0 saturated heterocycles. The van der Waals surface area contributed by atoms with Gasteiger partial charge >= 0.3 is 0 Å². The van der Waals surface area contributed by atoms with Gasteiger partial charge in [0.15, 0.2) is 5.78 Å². The lowest BCUT2D eigenvalue weighted by Crippen LogP contribution is -2.23. The molecule has 2 heterocycles. The van der Waals surface area contributed by atoms with Gasteiger partial charge in [-0.15, -0.1) is 0 Å². The third kappa shape index (κ3) is 2.16. The van der Waals surface area contributed by atoms with E-state index in [1.165, 1.54) is 0 Å². The van der Waals surface area contributed by atoms with Gasteiger partial charge in [0.1, 0.15) is 0 Å². The van der Waals surface area contributed by atoms with Gasteiger partial charge in [-0.1, -0.05) is 23.7 Å². The number of nitrogens with one attached hydrogen (secondary N) is 2. The Morgan fingerprint density at radius 1 is 1.14 bits per heavy atom. The molecule has 6 nitrogen and oxygen atoms in total. The molecule has 1 aliphatic heterocycles. The molecule has 0 bridgehead atoms. The Kier molecular flexibility index (Phi) is 3.11. The lowest BCUT2D eigenvalue weighted by atomic mass is 9.87. The first kappa shape index (κ1) is 13.3. The van der Waals surface area contributed by atoms with Crippen LogP contribution < -0.4 is 10.6 Å². The molecule has 1 aromatic heterocycles. The van der Waals surface area contributed by atoms with Crippen molar-refractivity contribution in [3.05, 3.63) is 46.1 Å². The fourth-order valence-corrected chi connectivity index (χ4v) is 3.08. The minimum absolute atomic E-state index is 0.142. The van der Waals surface area contributed by atoms with Crippen LogP contribution in [-0.2, 0) is 4.79 Å². The van der Waals surface area contributed by atoms with E-state index in [0.717, 1.165) is 29.7 Å². The number of Topliss-reactive ketones (excluding diaryl/α,β-unsaturated/α-hetero) is 1. The molecule has 0 radical (unpaired) electrons. The molecule has 0 saturated carbocycles. The number of halogens is 1. The quantitative estimate of drug-likeness (QED) is 0.840. The summed E-state index contributed by atoms with van der Waals surface area (Å²) < 4.78 is 4.78. The molecular weight excluding hydrogens is 304 g/mol. The van der Waals surface area contributed by atoms with Crippen LogP contribution in [-0.4, -0.2) is 16.1 Å². The Hall–Kier alpha value is -2.34. The van der Waals surface area contributed by atoms with E-state index in [0.29, 0.717) is 23.1 Å². The standard InChI is InChI=1S/C15H13ClN4O2/c16-9-6-4-8(5-7-9)13-12-10(2-1-3-11(12)21)17-14-15(18-13)20-22-19-14/h4-7,13H,1-3H2,(H,17,19)(H,18,20)/t13-/m0/s1. The van der Waals surface area contributed by atoms with Crippen molar-refractivity contribution in [2.45, 2.75) is 25.3 Å². The van der Waals surface area contributed by atoms with Gasteiger partial charge in [-0.25, -0.2) is 4.63 Å². The summed E-state index contributed by atoms with van der Waals surface area (Å²) in [5, 5.41) is 14.8. The number of hydrogen-bond acceptors (Lipinski definition) is 6. The maximum Gasteiger partial charge on any atom is 0.219 e. The van der Waals surface area contributed by atoms with E-state index < -0.39 is 0 Å². The average Bonchev–Trinajstić information content (AvgIpc) is 2.87. The zero-order chi connectivity index (χ0) is 15.1. The van der Waals surface area contributed by atoms with E-state index in [-0.39, 0.29) is 11.8 Å². The first-order valence-corrected chi connectivity index (χ1v) is 7.48. The zero-order valence-corrected chi connectivity index (χ0v) is 12.4. The highest BCUT2D eigenvalue weighted by molar-refractivity contribution is 6.30. The third-order valence-electron chi connectivity index (χ3n) is 3.99. The van der Waals surface area contributed by atoms with Crippen molar-refractivity contribution in [2.75, 3.05) is 10.6 Å². The number of benzene rings is 1. The van der Waals surface area contributed by atoms with Gasteiger partial charge in [-0.2, -0.15) is 0 Å². The van der Waals surface area contributed by atoms with Crippen LogP contribution in [0.4, 0.5) is 11.6 Å². The van der Waals surface area contributed by atoms with E-state index in [4.69, 9.17) is 16.2 Å². The van der Waals surface area contributed by atoms with Crippen LogP contribution in [0, 0.1) is 0 Å². The van der Waals surface area contributed by atoms with Gasteiger partial charge in [0.2, 0.25) is 11.6 Å². The molecule has 112 valence electrons. The summed E-state index contributed by atoms with van der Waals surface area (Å²) in [6, 6.07) is 7.15. The summed E-state index contributed by atoms with van der Waals surface area (Å²) in [5.41, 5.74) is 2.58. The summed E-state index contributed by atoms with van der Waals surface area (Å²) in [5.74, 6) is 1.16. The van der Waals surface area contributed by atoms with Crippen molar-refractivity contribution in [3.63, 3.8) is 0 Å². The molecule has 2 aromatic rings. The first-order chi connectivity index (χ1) is 10.7. The number of ketones is 1. The average molecular weight is 317 g/mol. The van der Waals surface area contributed by atoms with Crippen molar-refractivity contribution >= 4 is 29.0 Å². The van der Waals surface area contributed by atoms with Gasteiger partial charge in [-0.3, -0.25) is 4.79 Å². The maximum absolute atomic E-state index is 12.5. The second-order valence-corrected chi connectivity index (χ2v) is 5.82. The molecule has 0 unspecified atom stereocenters. The fraction of sp³-hybridized carbons (Fsp3) is 0.267. The number of hydrogen-bond donors (Lipinski definition) is 2. The minimum Gasteiger partial charge on any atom is -0.353 e. The largest absolute Gasteiger partial charge is 0.353 e. The topological polar surface area (TPSA) is 80.1 Å². The number of carbonyl (C=O) groups excluding carboxylic acids is 1. The number of aromatic nitrogens is 2. The molecule has 0 amide bonds. The summed E-state index contributed by atoms with van der Waals surface area (Å²) in [6.07, 6.45) is 2.19. The van der Waals surface area contributed by atoms with Crippen molar-refractivity contribution in [1.29, 1.82) is 0 Å². The Balaban J connectivity index is 1.85. The van der Waals surface area contributed by atoms with Gasteiger partial charge < -0.3 is 10.6 Å². The normalized spacial score (nSPS) is 20.6. The van der Waals surface area contributed by atoms with Crippen LogP contribution in [0.25, 0.3) is 0 Å². The summed E-state index contributed by atoms with van der Waals surface area (Å²) >= 11 is 5.96. The van der Waals surface area contributed by atoms with Gasteiger partial charge in [0.05, 0.1) is 6.04 Å². The second-order valence-electron chi connectivity index (χ2n) is 5.38. The van der Waals surface area contributed by atoms with Gasteiger partial charge in [0, 0.05) is 22.7 Å². The van der Waals surface area contributed by atoms with E-state index in [1.807, 2.05) is 24.3 Å². The molecule has 22 heavy (non-hydrogen) atoms. The highest BCUT2D eigenvalue weighted by Gasteiger charge is 2.33. The van der Waals surface area contributed by atoms with Crippen LogP contribution in [0.2, 0.25) is 5.02 Å². The van der Waals surface area contributed by atoms with Crippen molar-refractivity contribution in [3.8, 4) is 0 Å². The molecule has 1 atom stereocenters. The third-order valence-corrected chi connectivity index (χ3v) is 4.24. The number of carbonyl (C=O) groups is 1. The molecule has 7 heteroatoms. The number of anilines is 2. The summed E-state index contributed by atoms with van der Waals surface area (Å²) in [4.78, 5) is 12.5. The van der Waals surface area contributed by atoms with Crippen LogP contribution in [0.5, 0.6) is 0 Å². The smallest absolute Gasteiger partial charge is 0.219 e. The monoisotopic (exact) mass is 316 g/mol. The van der Waals surface area contributed by atoms with Crippen molar-refractivity contribution in [2.24, 2.45) is 0 Å². The SMILES string of the molecule is O=C1CCCC2=C1[C@H](c1ccc(Cl)cc1)Nc1nonc1N2. The van der Waals surface area contributed by atoms with E-state index in [2.05, 4.69) is 20.9 Å². The second kappa shape index (κ2) is 5.14. The van der Waals surface area contributed by atoms with Gasteiger partial charge in [-0.05, 0) is 40.9 Å². The van der Waals surface area contributed by atoms with Crippen LogP contribution in [0.15, 0.2) is 40.2 Å². The van der Waals surface area contributed by atoms with Crippen LogP contribution in [0.3, 0.4) is 0 Å². The van der Waals surface area contributed by atoms with Crippen molar-refractivity contribution in [1.82, 2.24) is 10.3 Å². The first-order valence-electron chi connectivity index (χ1n) is 7.10. The van der Waals surface area contributed by atoms with E-state index in [1.54, 1.807) is 0 Å². The van der Waals surface area contributed by atoms with Crippen molar-refractivity contribution < 1.29 is 9.42 Å². The predicted octanol–water partition coefficient (Wildman–Crippen LogP) is 3.31. The summed E-state index contributed by atoms with van der Waals surface area (Å²) in [6.45, 7) is 0. The van der Waals surface area contributed by atoms with E-state index in [9.17, 15) is 4.79 Å². The minimum atomic E-state index is -0.291. The lowest BCUT2D eigenvalue weighted by Gasteiger charge is -2.24. The Morgan fingerprint density at radius 2 is 1.91 bits per heavy atom. The molecule has 2 aliphatic rings. The number of nitrogens with zero attached hydrogens (tertiary/aromatic N) is 2. The highest BCUT2D eigenvalue weighted by atomic mass is 35.5. The Morgan fingerprint density at radius 3 is 2.73 bits per heavy atom. The molecule has 0 spiro atoms. The Labute approximate surface area is 131 Å². The van der Waals surface area contributed by atoms with E-state index >= 15 is 0 Å². The lowest BCUT2D eigenvalue weighted by molar-refractivity contribution is -0.116. The predicted molar refractivity (Wildman–Crippen MR) is 81.6 cm³/mol. The number of fused-ring (bicyclic) bond motifs is 1. The number of allylic oxidation sites excluding steroid dienone is 1. The molecular formula is C15H13ClN4O2. The summed E-state index contributed by atoms with van der Waals surface area (Å²) in [7, 11) is 0. The zero-order valence-electron chi connectivity index (χ0n) is 11.6. The fourth-order valence-electron chi connectivity index (χ4n) is 2.95. The van der Waals surface area contributed by atoms with Crippen LogP contribution >= 0.6 is 11.6 Å². The highest BCUT2D eigenvalue weighted by Crippen LogP contribution is 2.39. The Bertz CT molecular complexity index is 766. The number of rotatable bonds is 1. The molecule has 0 fully saturated rings.